The van der Waals surface area contributed by atoms with E-state index in [0.29, 0.717) is 29.5 Å². The van der Waals surface area contributed by atoms with E-state index in [1.165, 1.54) is 4.90 Å². The van der Waals surface area contributed by atoms with Crippen LogP contribution in [0.1, 0.15) is 60.7 Å². The molecule has 1 unspecified atom stereocenters. The molecule has 5 aromatic rings. The average Bonchev–Trinajstić information content (AvgIpc) is 3.65. The molecular weight excluding hydrogens is 650 g/mol. The van der Waals surface area contributed by atoms with Crippen LogP contribution in [0.3, 0.4) is 0 Å². The number of nitrogens with zero attached hydrogens (tertiary/aromatic N) is 8. The van der Waals surface area contributed by atoms with Crippen molar-refractivity contribution in [3.05, 3.63) is 70.5 Å². The summed E-state index contributed by atoms with van der Waals surface area (Å²) in [6.07, 6.45) is 6.26. The van der Waals surface area contributed by atoms with Gasteiger partial charge in [-0.15, -0.1) is 0 Å². The summed E-state index contributed by atoms with van der Waals surface area (Å²) in [5.74, 6) is 0.174. The molecule has 0 saturated carbocycles. The van der Waals surface area contributed by atoms with E-state index in [2.05, 4.69) is 59.4 Å². The van der Waals surface area contributed by atoms with Crippen LogP contribution in [-0.4, -0.2) is 96.9 Å². The van der Waals surface area contributed by atoms with Crippen molar-refractivity contribution in [1.82, 2.24) is 44.2 Å². The number of rotatable bonds is 7. The van der Waals surface area contributed by atoms with Crippen LogP contribution in [0.4, 0.5) is 17.5 Å². The summed E-state index contributed by atoms with van der Waals surface area (Å²) in [7, 11) is 5.16. The van der Waals surface area contributed by atoms with Crippen LogP contribution in [0.15, 0.2) is 53.6 Å². The summed E-state index contributed by atoms with van der Waals surface area (Å²) in [4.78, 5) is 73.1. The number of imidazole rings is 1. The van der Waals surface area contributed by atoms with Crippen molar-refractivity contribution in [3.8, 4) is 0 Å². The van der Waals surface area contributed by atoms with Crippen LogP contribution in [0.25, 0.3) is 22.1 Å². The minimum absolute atomic E-state index is 0.129. The molecule has 264 valence electrons. The van der Waals surface area contributed by atoms with Crippen molar-refractivity contribution in [2.75, 3.05) is 50.5 Å². The molecule has 1 aromatic carbocycles. The number of H-pyrrole nitrogens is 1. The zero-order chi connectivity index (χ0) is 35.6. The molecule has 15 nitrogen and oxygen atoms in total. The van der Waals surface area contributed by atoms with Gasteiger partial charge in [-0.1, -0.05) is 12.1 Å². The maximum absolute atomic E-state index is 13.4. The Kier molecular flexibility index (Phi) is 7.89. The number of nitrogens with one attached hydrogen (secondary N) is 3. The number of carbonyl (C=O) groups excluding carboxylic acids is 3. The monoisotopic (exact) mass is 691 g/mol. The highest BCUT2D eigenvalue weighted by atomic mass is 16.2. The number of pyridine rings is 1. The van der Waals surface area contributed by atoms with Crippen molar-refractivity contribution >= 4 is 57.2 Å². The predicted molar refractivity (Wildman–Crippen MR) is 192 cm³/mol. The summed E-state index contributed by atoms with van der Waals surface area (Å²) in [6.45, 7) is 6.01. The number of anilines is 3. The highest BCUT2D eigenvalue weighted by molar-refractivity contribution is 6.00. The number of piperidine rings is 2. The first-order chi connectivity index (χ1) is 24.5. The Balaban J connectivity index is 0.893. The molecular formula is C36H41N11O4. The maximum atomic E-state index is 13.4. The van der Waals surface area contributed by atoms with Gasteiger partial charge in [0.05, 0.1) is 16.7 Å². The van der Waals surface area contributed by atoms with Gasteiger partial charge in [-0.05, 0) is 69.1 Å². The topological polar surface area (TPSA) is 166 Å². The van der Waals surface area contributed by atoms with Crippen LogP contribution in [0.2, 0.25) is 0 Å². The van der Waals surface area contributed by atoms with E-state index in [-0.39, 0.29) is 35.4 Å². The molecule has 51 heavy (non-hydrogen) atoms. The summed E-state index contributed by atoms with van der Waals surface area (Å²) in [5, 5.41) is 6.31. The number of imide groups is 1. The molecule has 1 spiro atoms. The number of para-hydroxylation sites is 1. The van der Waals surface area contributed by atoms with Gasteiger partial charge in [0, 0.05) is 69.9 Å². The number of hydrogen-bond donors (Lipinski definition) is 3. The zero-order valence-electron chi connectivity index (χ0n) is 29.1. The number of aromatic amines is 1. The van der Waals surface area contributed by atoms with Crippen molar-refractivity contribution in [3.63, 3.8) is 0 Å². The Morgan fingerprint density at radius 3 is 2.55 bits per heavy atom. The Bertz CT molecular complexity index is 2240. The molecule has 0 radical (unpaired) electrons. The largest absolute Gasteiger partial charge is 0.369 e. The summed E-state index contributed by atoms with van der Waals surface area (Å²) >= 11 is 0. The fourth-order valence-electron chi connectivity index (χ4n) is 7.92. The van der Waals surface area contributed by atoms with Crippen LogP contribution < -0.4 is 21.2 Å². The number of amides is 3. The van der Waals surface area contributed by atoms with Gasteiger partial charge in [0.2, 0.25) is 17.8 Å². The maximum Gasteiger partial charge on any atom is 0.329 e. The zero-order valence-corrected chi connectivity index (χ0v) is 29.1. The summed E-state index contributed by atoms with van der Waals surface area (Å²) in [5.41, 5.74) is 4.68. The Hall–Kier alpha value is -5.57. The lowest BCUT2D eigenvalue weighted by Crippen LogP contribution is -2.60. The summed E-state index contributed by atoms with van der Waals surface area (Å²) in [6, 6.07) is 11.2. The second-order valence-electron chi connectivity index (χ2n) is 14.4. The Morgan fingerprint density at radius 2 is 1.84 bits per heavy atom. The number of fused-ring (bicyclic) bond motifs is 2. The number of hydrogen-bond acceptors (Lipinski definition) is 10. The first-order valence-electron chi connectivity index (χ1n) is 17.3. The third kappa shape index (κ3) is 5.70. The highest BCUT2D eigenvalue weighted by Crippen LogP contribution is 2.45. The fraction of sp³-hybridized carbons (Fsp3) is 0.417. The van der Waals surface area contributed by atoms with E-state index in [1.807, 2.05) is 24.4 Å². The van der Waals surface area contributed by atoms with Gasteiger partial charge in [-0.3, -0.25) is 33.7 Å². The molecule has 3 fully saturated rings. The molecule has 3 N–H and O–H groups in total. The van der Waals surface area contributed by atoms with E-state index >= 15 is 0 Å². The number of benzene rings is 1. The lowest BCUT2D eigenvalue weighted by atomic mass is 9.71. The first-order valence-corrected chi connectivity index (χ1v) is 17.3. The molecule has 3 aliphatic heterocycles. The molecule has 0 bridgehead atoms. The van der Waals surface area contributed by atoms with E-state index in [4.69, 9.17) is 0 Å². The Morgan fingerprint density at radius 1 is 1.06 bits per heavy atom. The third-order valence-electron chi connectivity index (χ3n) is 10.9. The van der Waals surface area contributed by atoms with Crippen molar-refractivity contribution in [2.45, 2.75) is 44.7 Å². The van der Waals surface area contributed by atoms with Crippen LogP contribution in [0, 0.1) is 5.41 Å². The minimum Gasteiger partial charge on any atom is -0.369 e. The highest BCUT2D eigenvalue weighted by Gasteiger charge is 2.46. The van der Waals surface area contributed by atoms with E-state index in [9.17, 15) is 19.2 Å². The SMILES string of the molecule is CC(c1ccc(Nc2ncc3cc(C(=O)N(C)C)[nH]c3n2)nc1)N1CCC2(CC1)CN(c1cccc3c1n(C)c(=O)n3[C@@H]1CCC(=O)NC1=O)C2. The normalized spacial score (nSPS) is 19.7. The molecule has 7 heterocycles. The van der Waals surface area contributed by atoms with Crippen molar-refractivity contribution < 1.29 is 14.4 Å². The molecule has 2 atom stereocenters. The molecule has 8 rings (SSSR count). The molecule has 4 aromatic heterocycles. The molecule has 3 saturated heterocycles. The standard InChI is InChI=1S/C36H41N11O4/c1-21(22-8-10-28(37-17-22)40-34-38-18-23-16-24(33(50)43(2)3)39-31(23)42-34)45-14-12-36(13-15-45)19-46(20-36)25-6-5-7-26-30(25)44(4)35(51)47(26)27-9-11-29(48)41-32(27)49/h5-8,10,16-18,21,27H,9,11-15,19-20H2,1-4H3,(H,41,48,49)(H2,37,38,39,40,42)/t21?,27-/m1/s1. The second kappa shape index (κ2) is 12.3. The van der Waals surface area contributed by atoms with Gasteiger partial charge in [-0.25, -0.2) is 14.8 Å². The van der Waals surface area contributed by atoms with Crippen molar-refractivity contribution in [1.29, 1.82) is 0 Å². The van der Waals surface area contributed by atoms with Gasteiger partial charge >= 0.3 is 5.69 Å². The number of likely N-dealkylation sites (tertiary alicyclic amines) is 1. The number of carbonyl (C=O) groups is 3. The van der Waals surface area contributed by atoms with Crippen molar-refractivity contribution in [2.24, 2.45) is 12.5 Å². The smallest absolute Gasteiger partial charge is 0.329 e. The molecule has 3 aliphatic rings. The Labute approximate surface area is 293 Å². The van der Waals surface area contributed by atoms with E-state index in [0.717, 1.165) is 66.7 Å². The minimum atomic E-state index is -0.699. The van der Waals surface area contributed by atoms with Gasteiger partial charge in [0.15, 0.2) is 0 Å². The second-order valence-corrected chi connectivity index (χ2v) is 14.4. The van der Waals surface area contributed by atoms with Crippen LogP contribution >= 0.6 is 0 Å². The average molecular weight is 692 g/mol. The molecule has 0 aliphatic carbocycles. The number of aryl methyl sites for hydroxylation is 1. The lowest BCUT2D eigenvalue weighted by Gasteiger charge is -2.55. The van der Waals surface area contributed by atoms with E-state index < -0.39 is 11.9 Å². The van der Waals surface area contributed by atoms with Crippen LogP contribution in [0.5, 0.6) is 0 Å². The quantitative estimate of drug-likeness (QED) is 0.216. The molecule has 15 heteroatoms. The predicted octanol–water partition coefficient (Wildman–Crippen LogP) is 3.09. The fourth-order valence-corrected chi connectivity index (χ4v) is 7.92. The third-order valence-corrected chi connectivity index (χ3v) is 10.9. The summed E-state index contributed by atoms with van der Waals surface area (Å²) < 4.78 is 3.19. The van der Waals surface area contributed by atoms with Gasteiger partial charge in [-0.2, -0.15) is 4.98 Å². The van der Waals surface area contributed by atoms with E-state index in [1.54, 1.807) is 42.5 Å². The van der Waals surface area contributed by atoms with Gasteiger partial charge in [0.25, 0.3) is 5.91 Å². The lowest BCUT2D eigenvalue weighted by molar-refractivity contribution is -0.135. The number of aromatic nitrogens is 6. The first kappa shape index (κ1) is 32.6. The van der Waals surface area contributed by atoms with Crippen LogP contribution in [-0.2, 0) is 16.6 Å². The van der Waals surface area contributed by atoms with Gasteiger partial charge in [0.1, 0.15) is 23.2 Å². The molecule has 3 amide bonds. The van der Waals surface area contributed by atoms with Gasteiger partial charge < -0.3 is 20.1 Å².